The number of aliphatic hydroxyl groups excluding tert-OH is 1. The maximum absolute atomic E-state index is 11.6. The van der Waals surface area contributed by atoms with Gasteiger partial charge in [0.05, 0.1) is 17.0 Å². The molecule has 9 rings (SSSR count). The largest absolute Gasteiger partial charge is 0.393 e. The summed E-state index contributed by atoms with van der Waals surface area (Å²) in [7, 11) is 5.65. The van der Waals surface area contributed by atoms with Gasteiger partial charge >= 0.3 is 0 Å². The van der Waals surface area contributed by atoms with Gasteiger partial charge in [-0.2, -0.15) is 10.1 Å². The van der Waals surface area contributed by atoms with Crippen molar-refractivity contribution in [3.05, 3.63) is 59.8 Å². The van der Waals surface area contributed by atoms with E-state index < -0.39 is 0 Å². The smallest absolute Gasteiger partial charge is 0.236 e. The lowest BCUT2D eigenvalue weighted by atomic mass is 9.98. The number of hydrogen-bond acceptors (Lipinski definition) is 13. The quantitative estimate of drug-likeness (QED) is 0.113. The van der Waals surface area contributed by atoms with Crippen LogP contribution in [-0.2, 0) is 26.8 Å². The van der Waals surface area contributed by atoms with Crippen molar-refractivity contribution in [3.8, 4) is 0 Å². The van der Waals surface area contributed by atoms with Crippen LogP contribution in [0.25, 0.3) is 10.9 Å². The third-order valence-electron chi connectivity index (χ3n) is 12.1. The first-order valence-corrected chi connectivity index (χ1v) is 22.7. The Morgan fingerprint density at radius 3 is 2.34 bits per heavy atom. The molecule has 5 N–H and O–H groups in total. The van der Waals surface area contributed by atoms with Gasteiger partial charge in [-0.1, -0.05) is 37.8 Å². The summed E-state index contributed by atoms with van der Waals surface area (Å²) in [5.74, 6) is 1.44. The van der Waals surface area contributed by atoms with Crippen LogP contribution >= 0.6 is 11.9 Å². The number of aliphatic hydroxyl groups is 1. The number of aromatic nitrogens is 4. The van der Waals surface area contributed by atoms with Crippen molar-refractivity contribution in [3.63, 3.8) is 0 Å². The lowest BCUT2D eigenvalue weighted by Gasteiger charge is -2.39. The Bertz CT molecular complexity index is 2060. The monoisotopic (exact) mass is 855 g/mol. The Morgan fingerprint density at radius 1 is 1.00 bits per heavy atom. The maximum atomic E-state index is 11.6. The number of anilines is 4. The minimum absolute atomic E-state index is 0.0359. The molecule has 2 saturated heterocycles. The molecule has 330 valence electrons. The van der Waals surface area contributed by atoms with Crippen molar-refractivity contribution < 1.29 is 19.5 Å². The average molecular weight is 856 g/mol. The van der Waals surface area contributed by atoms with Crippen LogP contribution in [0, 0.1) is 0 Å². The predicted molar refractivity (Wildman–Crippen MR) is 245 cm³/mol. The summed E-state index contributed by atoms with van der Waals surface area (Å²) in [5, 5.41) is 19.9. The third kappa shape index (κ3) is 11.7. The number of nitrogen functional groups attached to an aromatic ring is 1. The summed E-state index contributed by atoms with van der Waals surface area (Å²) in [4.78, 5) is 49.7. The summed E-state index contributed by atoms with van der Waals surface area (Å²) in [6.45, 7) is 8.97. The number of rotatable bonds is 10. The van der Waals surface area contributed by atoms with Gasteiger partial charge in [-0.15, -0.1) is 0 Å². The first kappa shape index (κ1) is 45.9. The third-order valence-corrected chi connectivity index (χ3v) is 13.2. The number of carbonyl (C=O) groups excluding carboxylic acids is 3. The number of aldehydes is 1. The van der Waals surface area contributed by atoms with Crippen molar-refractivity contribution in [2.24, 2.45) is 7.05 Å². The van der Waals surface area contributed by atoms with Crippen LogP contribution < -0.4 is 26.2 Å². The maximum Gasteiger partial charge on any atom is 0.236 e. The van der Waals surface area contributed by atoms with E-state index in [9.17, 15) is 14.4 Å². The topological polar surface area (TPSA) is 178 Å². The van der Waals surface area contributed by atoms with Crippen molar-refractivity contribution in [2.75, 3.05) is 80.8 Å². The van der Waals surface area contributed by atoms with E-state index in [1.54, 1.807) is 6.20 Å². The van der Waals surface area contributed by atoms with E-state index in [2.05, 4.69) is 83.1 Å². The fourth-order valence-electron chi connectivity index (χ4n) is 8.44. The lowest BCUT2D eigenvalue weighted by molar-refractivity contribution is -0.118. The molecule has 15 nitrogen and oxygen atoms in total. The Balaban J connectivity index is 0.000000217. The van der Waals surface area contributed by atoms with Gasteiger partial charge < -0.3 is 31.2 Å². The van der Waals surface area contributed by atoms with E-state index in [4.69, 9.17) is 10.8 Å². The number of hydrogen-bond donors (Lipinski definition) is 4. The zero-order valence-corrected chi connectivity index (χ0v) is 37.2. The highest BCUT2D eigenvalue weighted by Gasteiger charge is 2.57. The van der Waals surface area contributed by atoms with E-state index in [1.165, 1.54) is 72.7 Å². The number of fused-ring (bicyclic) bond motifs is 3. The van der Waals surface area contributed by atoms with Crippen molar-refractivity contribution in [1.29, 1.82) is 0 Å². The Kier molecular flexibility index (Phi) is 16.5. The molecule has 4 aromatic rings. The number of benzene rings is 2. The standard InChI is InChI=1S/C29H38N6O2S.C8H8N4O.C6H12O.C2H7N/c1-23(24-8-6-9-26(20-24)38-35-13-4-3-5-14-35)32-15-17-33(18-16-32)25-10-11-27-28(21-25)31(2)30-29(27)34(22-37)12-7-19-36;9-7-10-3-4-5(12-7)11-6(13)8(4)1-2-8;7-6-4-2-1-3-5-6;1-3-2/h6,8-11,19-23H,3-5,7,12-18H2,1-2H3;3H,1-2H2,(H3,9,10,11,12,13);6-7H,1-5H2;3H,1-2H3. The van der Waals surface area contributed by atoms with Crippen LogP contribution in [0.5, 0.6) is 0 Å². The molecule has 16 heteroatoms. The fourth-order valence-corrected chi connectivity index (χ4v) is 9.51. The average Bonchev–Trinajstić information content (AvgIpc) is 3.96. The van der Waals surface area contributed by atoms with E-state index in [0.29, 0.717) is 30.6 Å². The normalized spacial score (nSPS) is 19.0. The number of piperazine rings is 1. The van der Waals surface area contributed by atoms with Crippen LogP contribution in [0.15, 0.2) is 53.6 Å². The van der Waals surface area contributed by atoms with Gasteiger partial charge in [0.15, 0.2) is 5.82 Å². The van der Waals surface area contributed by atoms with Crippen LogP contribution in [0.1, 0.15) is 94.7 Å². The molecule has 2 aromatic carbocycles. The number of piperidine rings is 1. The molecule has 4 fully saturated rings. The summed E-state index contributed by atoms with van der Waals surface area (Å²) in [6.07, 6.45) is 15.2. The van der Waals surface area contributed by atoms with E-state index in [1.807, 2.05) is 43.8 Å². The van der Waals surface area contributed by atoms with Crippen molar-refractivity contribution in [1.82, 2.24) is 34.3 Å². The van der Waals surface area contributed by atoms with E-state index in [-0.39, 0.29) is 23.4 Å². The summed E-state index contributed by atoms with van der Waals surface area (Å²) < 4.78 is 4.33. The van der Waals surface area contributed by atoms with Gasteiger partial charge in [0, 0.05) is 93.1 Å². The highest BCUT2D eigenvalue weighted by Crippen LogP contribution is 2.54. The number of nitrogens with two attached hydrogens (primary N) is 1. The van der Waals surface area contributed by atoms with E-state index in [0.717, 1.165) is 81.0 Å². The van der Waals surface area contributed by atoms with Crippen molar-refractivity contribution >= 4 is 64.7 Å². The SMILES string of the molecule is CC(c1cccc(SN2CCCCC2)c1)N1CCN(c2ccc3c(N(C=O)CCC=O)nn(C)c3c2)CC1.CNC.Nc1ncc2c(n1)NC(=O)C21CC1.OC1CCCCC1. The zero-order chi connectivity index (χ0) is 43.4. The Morgan fingerprint density at radius 2 is 1.70 bits per heavy atom. The Hall–Kier alpha value is -4.61. The van der Waals surface area contributed by atoms with Crippen molar-refractivity contribution in [2.45, 2.75) is 100 Å². The summed E-state index contributed by atoms with van der Waals surface area (Å²) in [5.41, 5.74) is 9.56. The predicted octanol–water partition coefficient (Wildman–Crippen LogP) is 5.69. The van der Waals surface area contributed by atoms with Gasteiger partial charge in [-0.05, 0) is 107 Å². The second kappa shape index (κ2) is 22.0. The number of nitrogens with zero attached hydrogens (tertiary/aromatic N) is 8. The number of aryl methyl sites for hydroxylation is 1. The van der Waals surface area contributed by atoms with Gasteiger partial charge in [0.2, 0.25) is 18.3 Å². The molecular formula is C45H65N11O4S. The molecule has 2 aromatic heterocycles. The fraction of sp³-hybridized carbons (Fsp3) is 0.556. The van der Waals surface area contributed by atoms with Gasteiger partial charge in [0.1, 0.15) is 12.1 Å². The minimum atomic E-state index is -0.303. The molecular weight excluding hydrogens is 791 g/mol. The lowest BCUT2D eigenvalue weighted by Crippen LogP contribution is -2.47. The molecule has 1 unspecified atom stereocenters. The molecule has 5 aliphatic rings. The van der Waals surface area contributed by atoms with Crippen LogP contribution in [0.2, 0.25) is 0 Å². The van der Waals surface area contributed by atoms with Crippen LogP contribution in [-0.4, -0.2) is 119 Å². The van der Waals surface area contributed by atoms with Gasteiger partial charge in [-0.25, -0.2) is 9.29 Å². The first-order chi connectivity index (χ1) is 29.6. The second-order valence-corrected chi connectivity index (χ2v) is 17.7. The first-order valence-electron chi connectivity index (χ1n) is 22.0. The Labute approximate surface area is 364 Å². The van der Waals surface area contributed by atoms with Gasteiger partial charge in [0.25, 0.3) is 0 Å². The summed E-state index contributed by atoms with van der Waals surface area (Å²) >= 11 is 1.91. The molecule has 0 radical (unpaired) electrons. The number of amides is 2. The highest BCUT2D eigenvalue weighted by molar-refractivity contribution is 7.97. The molecule has 2 saturated carbocycles. The molecule has 1 atom stereocenters. The van der Waals surface area contributed by atoms with Crippen LogP contribution in [0.3, 0.4) is 0 Å². The highest BCUT2D eigenvalue weighted by atomic mass is 32.2. The van der Waals surface area contributed by atoms with E-state index >= 15 is 0 Å². The summed E-state index contributed by atoms with van der Waals surface area (Å²) in [6, 6.07) is 15.8. The number of carbonyl (C=O) groups is 3. The van der Waals surface area contributed by atoms with Gasteiger partial charge in [-0.3, -0.25) is 24.1 Å². The minimum Gasteiger partial charge on any atom is -0.393 e. The zero-order valence-electron chi connectivity index (χ0n) is 36.4. The molecule has 5 heterocycles. The molecule has 61 heavy (non-hydrogen) atoms. The molecule has 1 spiro atoms. The molecule has 2 aliphatic carbocycles. The second-order valence-electron chi connectivity index (χ2n) is 16.6. The molecule has 0 bridgehead atoms. The number of nitrogens with one attached hydrogen (secondary N) is 2. The molecule has 3 aliphatic heterocycles. The molecule has 2 amide bonds. The van der Waals surface area contributed by atoms with Crippen LogP contribution in [0.4, 0.5) is 23.3 Å².